The Morgan fingerprint density at radius 2 is 2.20 bits per heavy atom. The molecule has 0 spiro atoms. The molecule has 3 aromatic rings. The molecule has 0 saturated carbocycles. The number of aryl methyl sites for hydroxylation is 1. The quantitative estimate of drug-likeness (QED) is 0.733. The summed E-state index contributed by atoms with van der Waals surface area (Å²) in [7, 11) is 0. The molecule has 3 heterocycles. The van der Waals surface area contributed by atoms with Crippen LogP contribution < -0.4 is 5.32 Å². The highest BCUT2D eigenvalue weighted by atomic mass is 32.1. The van der Waals surface area contributed by atoms with Crippen LogP contribution in [0.1, 0.15) is 37.6 Å². The summed E-state index contributed by atoms with van der Waals surface area (Å²) in [6.45, 7) is 10.7. The van der Waals surface area contributed by atoms with E-state index < -0.39 is 0 Å². The van der Waals surface area contributed by atoms with Crippen molar-refractivity contribution >= 4 is 33.1 Å². The molecule has 25 heavy (non-hydrogen) atoms. The van der Waals surface area contributed by atoms with Gasteiger partial charge in [-0.1, -0.05) is 20.8 Å². The third-order valence-electron chi connectivity index (χ3n) is 5.27. The minimum absolute atomic E-state index is 0.736. The first-order valence-corrected chi connectivity index (χ1v) is 10.1. The van der Waals surface area contributed by atoms with Gasteiger partial charge in [0.05, 0.1) is 5.39 Å². The van der Waals surface area contributed by atoms with Gasteiger partial charge in [0.15, 0.2) is 5.65 Å². The first kappa shape index (κ1) is 16.7. The Balaban J connectivity index is 1.70. The molecule has 3 aromatic heterocycles. The van der Waals surface area contributed by atoms with Crippen LogP contribution in [0, 0.1) is 5.92 Å². The fourth-order valence-corrected chi connectivity index (χ4v) is 4.95. The number of nitrogens with one attached hydrogen (secondary N) is 1. The van der Waals surface area contributed by atoms with Gasteiger partial charge < -0.3 is 10.2 Å². The van der Waals surface area contributed by atoms with E-state index in [0.717, 1.165) is 54.9 Å². The molecule has 1 N–H and O–H groups in total. The lowest BCUT2D eigenvalue weighted by molar-refractivity contribution is 0.315. The van der Waals surface area contributed by atoms with Gasteiger partial charge >= 0.3 is 0 Å². The Morgan fingerprint density at radius 1 is 1.36 bits per heavy atom. The molecule has 0 unspecified atom stereocenters. The predicted octanol–water partition coefficient (Wildman–Crippen LogP) is 3.22. The van der Waals surface area contributed by atoms with E-state index in [2.05, 4.69) is 41.1 Å². The van der Waals surface area contributed by atoms with Crippen molar-refractivity contribution in [1.29, 1.82) is 0 Å². The van der Waals surface area contributed by atoms with Crippen LogP contribution in [0.15, 0.2) is 6.33 Å². The highest BCUT2D eigenvalue weighted by Crippen LogP contribution is 2.39. The minimum atomic E-state index is 0.736. The standard InChI is InChI=1S/C18H26N6S/c1-4-23(5-2)9-8-19-18-22-17-15(16-20-11-21-24(16)18)13-10-12(3)6-7-14(13)25-17/h11-12H,4-10H2,1-3H3,(H,19,22)/t12-/m1/s1. The fourth-order valence-electron chi connectivity index (χ4n) is 3.74. The minimum Gasteiger partial charge on any atom is -0.353 e. The van der Waals surface area contributed by atoms with Gasteiger partial charge in [0.2, 0.25) is 5.95 Å². The Hall–Kier alpha value is -1.73. The molecule has 1 aliphatic rings. The first-order chi connectivity index (χ1) is 12.2. The van der Waals surface area contributed by atoms with Crippen molar-refractivity contribution in [2.45, 2.75) is 40.0 Å². The number of hydrogen-bond donors (Lipinski definition) is 1. The summed E-state index contributed by atoms with van der Waals surface area (Å²) in [6, 6.07) is 0. The van der Waals surface area contributed by atoms with E-state index in [4.69, 9.17) is 4.98 Å². The number of fused-ring (bicyclic) bond motifs is 5. The Morgan fingerprint density at radius 3 is 3.00 bits per heavy atom. The van der Waals surface area contributed by atoms with E-state index in [9.17, 15) is 0 Å². The van der Waals surface area contributed by atoms with Crippen molar-refractivity contribution in [3.63, 3.8) is 0 Å². The topological polar surface area (TPSA) is 58.3 Å². The summed E-state index contributed by atoms with van der Waals surface area (Å²) in [6.07, 6.45) is 5.22. The average Bonchev–Trinajstić information content (AvgIpc) is 3.22. The molecule has 0 fully saturated rings. The van der Waals surface area contributed by atoms with Gasteiger partial charge in [-0.3, -0.25) is 0 Å². The number of hydrogen-bond acceptors (Lipinski definition) is 6. The van der Waals surface area contributed by atoms with E-state index in [1.807, 2.05) is 15.9 Å². The lowest BCUT2D eigenvalue weighted by Gasteiger charge is -2.18. The molecular weight excluding hydrogens is 332 g/mol. The number of rotatable bonds is 6. The summed E-state index contributed by atoms with van der Waals surface area (Å²) >= 11 is 1.84. The first-order valence-electron chi connectivity index (χ1n) is 9.31. The van der Waals surface area contributed by atoms with Crippen LogP contribution in [0.4, 0.5) is 5.95 Å². The van der Waals surface area contributed by atoms with E-state index in [-0.39, 0.29) is 0 Å². The van der Waals surface area contributed by atoms with E-state index in [0.29, 0.717) is 0 Å². The van der Waals surface area contributed by atoms with E-state index >= 15 is 0 Å². The van der Waals surface area contributed by atoms with E-state index in [1.165, 1.54) is 28.7 Å². The lowest BCUT2D eigenvalue weighted by atomic mass is 9.89. The van der Waals surface area contributed by atoms with Crippen LogP contribution in [0.2, 0.25) is 0 Å². The van der Waals surface area contributed by atoms with Gasteiger partial charge in [0.25, 0.3) is 0 Å². The molecule has 1 aliphatic carbocycles. The van der Waals surface area contributed by atoms with Crippen molar-refractivity contribution in [1.82, 2.24) is 24.5 Å². The maximum Gasteiger partial charge on any atom is 0.227 e. The van der Waals surface area contributed by atoms with Crippen molar-refractivity contribution in [3.8, 4) is 0 Å². The summed E-state index contributed by atoms with van der Waals surface area (Å²) < 4.78 is 1.87. The van der Waals surface area contributed by atoms with E-state index in [1.54, 1.807) is 6.33 Å². The summed E-state index contributed by atoms with van der Waals surface area (Å²) in [4.78, 5) is 14.5. The van der Waals surface area contributed by atoms with Crippen LogP contribution in [-0.4, -0.2) is 50.7 Å². The van der Waals surface area contributed by atoms with Gasteiger partial charge in [0, 0.05) is 18.0 Å². The molecule has 0 saturated heterocycles. The maximum atomic E-state index is 4.90. The molecule has 7 heteroatoms. The molecule has 0 amide bonds. The fraction of sp³-hybridized carbons (Fsp3) is 0.611. The van der Waals surface area contributed by atoms with Crippen molar-refractivity contribution in [2.24, 2.45) is 5.92 Å². The van der Waals surface area contributed by atoms with Gasteiger partial charge in [-0.25, -0.2) is 9.97 Å². The van der Waals surface area contributed by atoms with Crippen LogP contribution in [0.5, 0.6) is 0 Å². The van der Waals surface area contributed by atoms with Crippen molar-refractivity contribution < 1.29 is 0 Å². The van der Waals surface area contributed by atoms with Crippen LogP contribution in [-0.2, 0) is 12.8 Å². The van der Waals surface area contributed by atoms with Gasteiger partial charge in [-0.2, -0.15) is 9.61 Å². The average molecular weight is 359 g/mol. The number of likely N-dealkylation sites (N-methyl/N-ethyl adjacent to an activating group) is 1. The smallest absolute Gasteiger partial charge is 0.227 e. The summed E-state index contributed by atoms with van der Waals surface area (Å²) in [5.41, 5.74) is 2.40. The third-order valence-corrected chi connectivity index (χ3v) is 6.46. The van der Waals surface area contributed by atoms with Crippen LogP contribution in [0.25, 0.3) is 15.9 Å². The second-order valence-electron chi connectivity index (χ2n) is 6.92. The highest BCUT2D eigenvalue weighted by Gasteiger charge is 2.24. The highest BCUT2D eigenvalue weighted by molar-refractivity contribution is 7.19. The third kappa shape index (κ3) is 3.00. The Kier molecular flexibility index (Phi) is 4.60. The summed E-state index contributed by atoms with van der Waals surface area (Å²) in [5, 5.41) is 9.12. The molecule has 0 radical (unpaired) electrons. The zero-order valence-corrected chi connectivity index (χ0v) is 16.1. The van der Waals surface area contributed by atoms with Crippen molar-refractivity contribution in [2.75, 3.05) is 31.5 Å². The normalized spacial score (nSPS) is 17.5. The number of anilines is 1. The van der Waals surface area contributed by atoms with Gasteiger partial charge in [-0.05, 0) is 43.8 Å². The monoisotopic (exact) mass is 358 g/mol. The van der Waals surface area contributed by atoms with Gasteiger partial charge in [-0.15, -0.1) is 11.3 Å². The summed E-state index contributed by atoms with van der Waals surface area (Å²) in [5.74, 6) is 1.54. The SMILES string of the molecule is CCN(CC)CCNc1nc2sc3c(c2c2ncnn12)C[C@H](C)CC3. The second kappa shape index (κ2) is 6.88. The number of aromatic nitrogens is 4. The Labute approximate surface area is 152 Å². The lowest BCUT2D eigenvalue weighted by Crippen LogP contribution is -2.29. The van der Waals surface area contributed by atoms with Crippen LogP contribution in [0.3, 0.4) is 0 Å². The zero-order chi connectivity index (χ0) is 17.4. The second-order valence-corrected chi connectivity index (χ2v) is 8.00. The molecule has 0 aromatic carbocycles. The Bertz CT molecular complexity index is 879. The molecule has 0 bridgehead atoms. The molecular formula is C18H26N6S. The predicted molar refractivity (Wildman–Crippen MR) is 104 cm³/mol. The molecule has 4 rings (SSSR count). The van der Waals surface area contributed by atoms with Gasteiger partial charge in [0.1, 0.15) is 11.2 Å². The largest absolute Gasteiger partial charge is 0.353 e. The number of thiophene rings is 1. The molecule has 1 atom stereocenters. The molecule has 0 aliphatic heterocycles. The molecule has 134 valence electrons. The van der Waals surface area contributed by atoms with Crippen LogP contribution >= 0.6 is 11.3 Å². The molecule has 6 nitrogen and oxygen atoms in total. The van der Waals surface area contributed by atoms with Crippen molar-refractivity contribution in [3.05, 3.63) is 16.8 Å². The maximum absolute atomic E-state index is 4.90. The zero-order valence-electron chi connectivity index (χ0n) is 15.2. The number of nitrogens with zero attached hydrogens (tertiary/aromatic N) is 5.